The van der Waals surface area contributed by atoms with Crippen LogP contribution < -0.4 is 5.32 Å². The zero-order valence-corrected chi connectivity index (χ0v) is 11.0. The Hall–Kier alpha value is -1.40. The second-order valence-corrected chi connectivity index (χ2v) is 5.12. The molecular weight excluding hydrogens is 244 g/mol. The van der Waals surface area contributed by atoms with Crippen molar-refractivity contribution in [2.24, 2.45) is 0 Å². The van der Waals surface area contributed by atoms with E-state index in [-0.39, 0.29) is 5.91 Å². The summed E-state index contributed by atoms with van der Waals surface area (Å²) in [6.07, 6.45) is 3.56. The second kappa shape index (κ2) is 5.71. The van der Waals surface area contributed by atoms with Gasteiger partial charge in [0.05, 0.1) is 18.9 Å². The summed E-state index contributed by atoms with van der Waals surface area (Å²) in [5, 5.41) is 10.6. The Morgan fingerprint density at radius 2 is 2.21 bits per heavy atom. The number of rotatable bonds is 2. The Balaban J connectivity index is 1.67. The van der Waals surface area contributed by atoms with Crippen molar-refractivity contribution in [2.45, 2.75) is 25.3 Å². The fourth-order valence-corrected chi connectivity index (χ4v) is 2.67. The van der Waals surface area contributed by atoms with Gasteiger partial charge in [-0.05, 0) is 25.5 Å². The number of morpholine rings is 1. The fourth-order valence-electron chi connectivity index (χ4n) is 2.67. The van der Waals surface area contributed by atoms with Crippen LogP contribution in [-0.2, 0) is 4.74 Å². The Morgan fingerprint density at radius 3 is 2.95 bits per heavy atom. The molecule has 0 aromatic carbocycles. The summed E-state index contributed by atoms with van der Waals surface area (Å²) in [7, 11) is 0. The van der Waals surface area contributed by atoms with Gasteiger partial charge in [-0.2, -0.15) is 5.10 Å². The number of piperidine rings is 1. The SMILES string of the molecule is O=C(c1cc([C@@H]2CCCCN2)[nH]n1)N1CCOCC1. The normalized spacial score (nSPS) is 24.4. The smallest absolute Gasteiger partial charge is 0.274 e. The number of hydrogen-bond acceptors (Lipinski definition) is 4. The van der Waals surface area contributed by atoms with Gasteiger partial charge >= 0.3 is 0 Å². The molecule has 2 N–H and O–H groups in total. The first kappa shape index (κ1) is 12.6. The topological polar surface area (TPSA) is 70.2 Å². The van der Waals surface area contributed by atoms with Crippen LogP contribution in [0.25, 0.3) is 0 Å². The Kier molecular flexibility index (Phi) is 3.79. The van der Waals surface area contributed by atoms with Crippen LogP contribution in [0.15, 0.2) is 6.07 Å². The number of carbonyl (C=O) groups excluding carboxylic acids is 1. The maximum absolute atomic E-state index is 12.3. The quantitative estimate of drug-likeness (QED) is 0.825. The molecule has 2 aliphatic rings. The molecule has 1 atom stereocenters. The molecule has 0 saturated carbocycles. The summed E-state index contributed by atoms with van der Waals surface area (Å²) in [4.78, 5) is 14.1. The number of H-pyrrole nitrogens is 1. The van der Waals surface area contributed by atoms with Gasteiger partial charge in [-0.25, -0.2) is 0 Å². The average molecular weight is 264 g/mol. The highest BCUT2D eigenvalue weighted by Crippen LogP contribution is 2.22. The lowest BCUT2D eigenvalue weighted by molar-refractivity contribution is 0.0299. The van der Waals surface area contributed by atoms with E-state index in [1.54, 1.807) is 4.90 Å². The zero-order valence-electron chi connectivity index (χ0n) is 11.0. The fraction of sp³-hybridized carbons (Fsp3) is 0.692. The molecule has 1 aromatic heterocycles. The monoisotopic (exact) mass is 264 g/mol. The van der Waals surface area contributed by atoms with Gasteiger partial charge in [0.1, 0.15) is 5.69 Å². The van der Waals surface area contributed by atoms with Crippen LogP contribution in [0.3, 0.4) is 0 Å². The zero-order chi connectivity index (χ0) is 13.1. The molecule has 104 valence electrons. The van der Waals surface area contributed by atoms with Crippen molar-refractivity contribution >= 4 is 5.91 Å². The number of carbonyl (C=O) groups is 1. The van der Waals surface area contributed by atoms with Crippen molar-refractivity contribution in [1.29, 1.82) is 0 Å². The van der Waals surface area contributed by atoms with Crippen LogP contribution in [-0.4, -0.2) is 53.9 Å². The van der Waals surface area contributed by atoms with E-state index in [9.17, 15) is 4.79 Å². The van der Waals surface area contributed by atoms with Crippen LogP contribution in [0.4, 0.5) is 0 Å². The Morgan fingerprint density at radius 1 is 1.37 bits per heavy atom. The van der Waals surface area contributed by atoms with Crippen LogP contribution in [0.2, 0.25) is 0 Å². The molecule has 1 amide bonds. The van der Waals surface area contributed by atoms with Crippen molar-refractivity contribution in [1.82, 2.24) is 20.4 Å². The third-order valence-electron chi connectivity index (χ3n) is 3.80. The lowest BCUT2D eigenvalue weighted by Gasteiger charge is -2.26. The van der Waals surface area contributed by atoms with E-state index in [2.05, 4.69) is 15.5 Å². The molecule has 19 heavy (non-hydrogen) atoms. The summed E-state index contributed by atoms with van der Waals surface area (Å²) in [6.45, 7) is 3.59. The van der Waals surface area contributed by atoms with E-state index in [1.165, 1.54) is 12.8 Å². The lowest BCUT2D eigenvalue weighted by atomic mass is 10.0. The molecule has 0 unspecified atom stereocenters. The summed E-state index contributed by atoms with van der Waals surface area (Å²) in [6, 6.07) is 2.20. The molecule has 0 radical (unpaired) electrons. The number of amides is 1. The van der Waals surface area contributed by atoms with Gasteiger partial charge in [0.25, 0.3) is 5.91 Å². The number of aromatic nitrogens is 2. The first-order valence-corrected chi connectivity index (χ1v) is 7.00. The second-order valence-electron chi connectivity index (χ2n) is 5.12. The van der Waals surface area contributed by atoms with Gasteiger partial charge in [-0.15, -0.1) is 0 Å². The highest BCUT2D eigenvalue weighted by atomic mass is 16.5. The molecule has 6 nitrogen and oxygen atoms in total. The predicted octanol–water partition coefficient (Wildman–Crippen LogP) is 0.697. The van der Waals surface area contributed by atoms with Crippen LogP contribution in [0.1, 0.15) is 41.5 Å². The number of aromatic amines is 1. The Labute approximate surface area is 112 Å². The number of hydrogen-bond donors (Lipinski definition) is 2. The summed E-state index contributed by atoms with van der Waals surface area (Å²) < 4.78 is 5.25. The average Bonchev–Trinajstić information content (AvgIpc) is 2.98. The summed E-state index contributed by atoms with van der Waals surface area (Å²) >= 11 is 0. The minimum absolute atomic E-state index is 0.00149. The van der Waals surface area contributed by atoms with E-state index >= 15 is 0 Å². The molecule has 2 fully saturated rings. The van der Waals surface area contributed by atoms with Crippen molar-refractivity contribution in [3.8, 4) is 0 Å². The Bertz CT molecular complexity index is 434. The molecule has 3 heterocycles. The predicted molar refractivity (Wildman–Crippen MR) is 69.9 cm³/mol. The highest BCUT2D eigenvalue weighted by molar-refractivity contribution is 5.92. The maximum Gasteiger partial charge on any atom is 0.274 e. The van der Waals surface area contributed by atoms with E-state index in [0.717, 1.165) is 18.7 Å². The van der Waals surface area contributed by atoms with Gasteiger partial charge < -0.3 is 15.0 Å². The van der Waals surface area contributed by atoms with E-state index in [4.69, 9.17) is 4.74 Å². The highest BCUT2D eigenvalue weighted by Gasteiger charge is 2.23. The number of nitrogens with zero attached hydrogens (tertiary/aromatic N) is 2. The summed E-state index contributed by atoms with van der Waals surface area (Å²) in [5.74, 6) is 0.00149. The first-order chi connectivity index (χ1) is 9.34. The van der Waals surface area contributed by atoms with Crippen molar-refractivity contribution in [2.75, 3.05) is 32.8 Å². The van der Waals surface area contributed by atoms with Crippen molar-refractivity contribution in [3.63, 3.8) is 0 Å². The van der Waals surface area contributed by atoms with Crippen LogP contribution >= 0.6 is 0 Å². The van der Waals surface area contributed by atoms with E-state index in [1.807, 2.05) is 6.07 Å². The minimum Gasteiger partial charge on any atom is -0.378 e. The molecule has 0 aliphatic carbocycles. The van der Waals surface area contributed by atoms with Gasteiger partial charge in [0, 0.05) is 19.1 Å². The molecule has 2 saturated heterocycles. The summed E-state index contributed by atoms with van der Waals surface area (Å²) in [5.41, 5.74) is 1.54. The van der Waals surface area contributed by atoms with Gasteiger partial charge in [0.2, 0.25) is 0 Å². The maximum atomic E-state index is 12.3. The van der Waals surface area contributed by atoms with Gasteiger partial charge in [-0.1, -0.05) is 6.42 Å². The molecular formula is C13H20N4O2. The molecule has 6 heteroatoms. The molecule has 2 aliphatic heterocycles. The van der Waals surface area contributed by atoms with E-state index < -0.39 is 0 Å². The van der Waals surface area contributed by atoms with E-state index in [0.29, 0.717) is 38.0 Å². The minimum atomic E-state index is 0.00149. The molecule has 1 aromatic rings. The third-order valence-corrected chi connectivity index (χ3v) is 3.80. The lowest BCUT2D eigenvalue weighted by Crippen LogP contribution is -2.40. The molecule has 0 spiro atoms. The third kappa shape index (κ3) is 2.79. The number of nitrogens with one attached hydrogen (secondary N) is 2. The molecule has 3 rings (SSSR count). The van der Waals surface area contributed by atoms with Crippen LogP contribution in [0.5, 0.6) is 0 Å². The molecule has 0 bridgehead atoms. The number of ether oxygens (including phenoxy) is 1. The van der Waals surface area contributed by atoms with Gasteiger partial charge in [0.15, 0.2) is 0 Å². The first-order valence-electron chi connectivity index (χ1n) is 7.00. The standard InChI is InChI=1S/C13H20N4O2/c18-13(17-5-7-19-8-6-17)12-9-11(15-16-12)10-3-1-2-4-14-10/h9-10,14H,1-8H2,(H,15,16)/t10-/m0/s1. The van der Waals surface area contributed by atoms with Crippen molar-refractivity contribution in [3.05, 3.63) is 17.5 Å². The van der Waals surface area contributed by atoms with Gasteiger partial charge in [-0.3, -0.25) is 9.89 Å². The van der Waals surface area contributed by atoms with Crippen molar-refractivity contribution < 1.29 is 9.53 Å². The van der Waals surface area contributed by atoms with Crippen LogP contribution in [0, 0.1) is 0 Å². The largest absolute Gasteiger partial charge is 0.378 e.